The van der Waals surface area contributed by atoms with Crippen molar-refractivity contribution in [3.8, 4) is 0 Å². The number of rotatable bonds is 10. The van der Waals surface area contributed by atoms with E-state index in [9.17, 15) is 19.5 Å². The highest BCUT2D eigenvalue weighted by Gasteiger charge is 2.70. The van der Waals surface area contributed by atoms with Crippen LogP contribution in [0.25, 0.3) is 0 Å². The van der Waals surface area contributed by atoms with E-state index < -0.39 is 17.4 Å². The Bertz CT molecular complexity index is 1530. The minimum Gasteiger partial charge on any atom is -0.481 e. The molecule has 5 aliphatic carbocycles. The van der Waals surface area contributed by atoms with Crippen LogP contribution in [-0.2, 0) is 25.7 Å². The molecule has 0 amide bonds. The van der Waals surface area contributed by atoms with Crippen molar-refractivity contribution in [2.24, 2.45) is 56.2 Å². The average molecular weight is 689 g/mol. The minimum absolute atomic E-state index is 0.0355. The number of nitrogens with one attached hydrogen (secondary N) is 1. The topological polar surface area (TPSA) is 106 Å². The predicted octanol–water partition coefficient (Wildman–Crippen LogP) is 8.95. The zero-order chi connectivity index (χ0) is 36.5. The maximum atomic E-state index is 14.0. The quantitative estimate of drug-likeness (QED) is 0.187. The molecule has 4 fully saturated rings. The number of hydrogen-bond acceptors (Lipinski definition) is 6. The summed E-state index contributed by atoms with van der Waals surface area (Å²) in [6.45, 7) is 21.7. The average Bonchev–Trinajstić information content (AvgIpc) is 3.33. The highest BCUT2D eigenvalue weighted by atomic mass is 16.5. The number of carboxylic acid groups (broad SMARTS) is 1. The van der Waals surface area contributed by atoms with E-state index in [4.69, 9.17) is 4.74 Å². The van der Waals surface area contributed by atoms with Crippen LogP contribution in [0.15, 0.2) is 35.7 Å². The molecule has 1 heterocycles. The molecule has 0 aromatic carbocycles. The number of esters is 1. The first kappa shape index (κ1) is 37.2. The van der Waals surface area contributed by atoms with Crippen molar-refractivity contribution in [3.05, 3.63) is 41.2 Å². The Labute approximate surface area is 301 Å². The number of ether oxygens (including phenoxy) is 1. The van der Waals surface area contributed by atoms with E-state index in [2.05, 4.69) is 64.8 Å². The van der Waals surface area contributed by atoms with Crippen LogP contribution in [0.1, 0.15) is 139 Å². The fourth-order valence-corrected chi connectivity index (χ4v) is 12.9. The minimum atomic E-state index is -1.14. The molecule has 8 atom stereocenters. The molecule has 0 saturated heterocycles. The van der Waals surface area contributed by atoms with Crippen molar-refractivity contribution < 1.29 is 24.2 Å². The first-order chi connectivity index (χ1) is 23.3. The molecule has 5 aliphatic rings. The van der Waals surface area contributed by atoms with Gasteiger partial charge in [0.15, 0.2) is 5.78 Å². The summed E-state index contributed by atoms with van der Waals surface area (Å²) in [5.41, 5.74) is 2.90. The second-order valence-corrected chi connectivity index (χ2v) is 19.5. The van der Waals surface area contributed by atoms with Gasteiger partial charge in [-0.3, -0.25) is 19.4 Å². The van der Waals surface area contributed by atoms with Gasteiger partial charge in [-0.1, -0.05) is 60.1 Å². The Morgan fingerprint density at radius 2 is 1.74 bits per heavy atom. The fourth-order valence-electron chi connectivity index (χ4n) is 12.9. The molecule has 2 N–H and O–H groups in total. The van der Waals surface area contributed by atoms with E-state index in [0.29, 0.717) is 30.0 Å². The third-order valence-electron chi connectivity index (χ3n) is 15.8. The van der Waals surface area contributed by atoms with Crippen molar-refractivity contribution in [1.82, 2.24) is 10.3 Å². The van der Waals surface area contributed by atoms with Crippen molar-refractivity contribution >= 4 is 17.7 Å². The largest absolute Gasteiger partial charge is 0.481 e. The number of carboxylic acids is 1. The van der Waals surface area contributed by atoms with Crippen LogP contribution in [-0.4, -0.2) is 40.5 Å². The van der Waals surface area contributed by atoms with Crippen LogP contribution in [0.3, 0.4) is 0 Å². The molecule has 6 rings (SSSR count). The lowest BCUT2D eigenvalue weighted by Crippen LogP contribution is -2.65. The summed E-state index contributed by atoms with van der Waals surface area (Å²) in [4.78, 5) is 43.0. The molecule has 1 aromatic heterocycles. The summed E-state index contributed by atoms with van der Waals surface area (Å²) in [5, 5.41) is 13.3. The highest BCUT2D eigenvalue weighted by Crippen LogP contribution is 2.77. The van der Waals surface area contributed by atoms with Crippen LogP contribution in [0, 0.1) is 56.2 Å². The van der Waals surface area contributed by atoms with E-state index >= 15 is 0 Å². The normalized spacial score (nSPS) is 37.8. The molecule has 0 bridgehead atoms. The molecular weight excluding hydrogens is 624 g/mol. The van der Waals surface area contributed by atoms with Gasteiger partial charge in [-0.05, 0) is 135 Å². The number of aromatic nitrogens is 1. The van der Waals surface area contributed by atoms with E-state index in [-0.39, 0.29) is 45.5 Å². The monoisotopic (exact) mass is 688 g/mol. The number of ketones is 1. The van der Waals surface area contributed by atoms with E-state index in [1.54, 1.807) is 19.4 Å². The number of nitrogens with zero attached hydrogens (tertiary/aromatic N) is 1. The van der Waals surface area contributed by atoms with E-state index in [0.717, 1.165) is 63.6 Å². The second kappa shape index (κ2) is 12.8. The van der Waals surface area contributed by atoms with Crippen molar-refractivity contribution in [2.75, 3.05) is 6.54 Å². The lowest BCUT2D eigenvalue weighted by atomic mass is 9.33. The third-order valence-corrected chi connectivity index (χ3v) is 15.8. The van der Waals surface area contributed by atoms with Gasteiger partial charge in [0.2, 0.25) is 0 Å². The number of carbonyl (C=O) groups is 3. The Morgan fingerprint density at radius 1 is 1.00 bits per heavy atom. The fraction of sp³-hybridized carbons (Fsp3) is 0.767. The number of fused-ring (bicyclic) bond motifs is 7. The van der Waals surface area contributed by atoms with E-state index in [1.165, 1.54) is 18.4 Å². The molecule has 0 unspecified atom stereocenters. The van der Waals surface area contributed by atoms with Gasteiger partial charge in [0.1, 0.15) is 6.10 Å². The summed E-state index contributed by atoms with van der Waals surface area (Å²) >= 11 is 0. The maximum absolute atomic E-state index is 14.0. The lowest BCUT2D eigenvalue weighted by molar-refractivity contribution is -0.233. The van der Waals surface area contributed by atoms with Gasteiger partial charge in [0.05, 0.1) is 11.8 Å². The van der Waals surface area contributed by atoms with Crippen molar-refractivity contribution in [3.63, 3.8) is 0 Å². The Kier molecular flexibility index (Phi) is 9.56. The van der Waals surface area contributed by atoms with Gasteiger partial charge in [-0.15, -0.1) is 0 Å². The van der Waals surface area contributed by atoms with Gasteiger partial charge >= 0.3 is 11.9 Å². The lowest BCUT2D eigenvalue weighted by Gasteiger charge is -2.72. The predicted molar refractivity (Wildman–Crippen MR) is 196 cm³/mol. The summed E-state index contributed by atoms with van der Waals surface area (Å²) in [6.07, 6.45) is 13.8. The van der Waals surface area contributed by atoms with Crippen molar-refractivity contribution in [1.29, 1.82) is 0 Å². The number of carbonyl (C=O) groups excluding carboxylic acids is 2. The molecule has 50 heavy (non-hydrogen) atoms. The molecule has 1 aromatic rings. The zero-order valence-electron chi connectivity index (χ0n) is 32.4. The standard InChI is InChI=1S/C43H64N2O5/c1-27(2)35-30(46)23-43(20-22-45-26-28-11-10-21-44-25-28)19-18-41(8)29(36(35)43)12-13-32-40(7)16-15-33(50-34(47)24-38(3,4)37(48)49)39(5,6)31(40)14-17-42(32,41)9/h10-11,21,25,27,29,31-33,45H,12-20,22-24,26H2,1-9H3,(H,48,49)/t29-,31+,32-,33+,40+,41-,42-,43-/m1/s1. The molecule has 0 spiro atoms. The number of Topliss-reactive ketones (excluding diaryl/α,β-unsaturated/α-hetero) is 1. The summed E-state index contributed by atoms with van der Waals surface area (Å²) in [6, 6.07) is 4.10. The highest BCUT2D eigenvalue weighted by molar-refractivity contribution is 6.00. The molecule has 0 aliphatic heterocycles. The SMILES string of the molecule is CC(C)C1=C2[C@H]3CC[C@@H]4[C@@]5(C)CC[C@H](OC(=O)CC(C)(C)C(=O)O)C(C)(C)[C@@H]5CC[C@@]4(C)[C@]3(C)CC[C@@]2(CCNCc2cccnc2)CC1=O. The van der Waals surface area contributed by atoms with Gasteiger partial charge < -0.3 is 15.2 Å². The molecule has 7 heteroatoms. The number of aliphatic carboxylic acids is 1. The maximum Gasteiger partial charge on any atom is 0.309 e. The summed E-state index contributed by atoms with van der Waals surface area (Å²) in [5.74, 6) is 0.676. The van der Waals surface area contributed by atoms with Crippen LogP contribution < -0.4 is 5.32 Å². The van der Waals surface area contributed by atoms with Crippen molar-refractivity contribution in [2.45, 2.75) is 146 Å². The Balaban J connectivity index is 1.24. The first-order valence-corrected chi connectivity index (χ1v) is 19.6. The Hall–Kier alpha value is -2.54. The zero-order valence-corrected chi connectivity index (χ0v) is 32.4. The summed E-state index contributed by atoms with van der Waals surface area (Å²) in [7, 11) is 0. The first-order valence-electron chi connectivity index (χ1n) is 19.6. The second-order valence-electron chi connectivity index (χ2n) is 19.5. The van der Waals surface area contributed by atoms with Gasteiger partial charge in [-0.2, -0.15) is 0 Å². The molecule has 7 nitrogen and oxygen atoms in total. The molecule has 4 saturated carbocycles. The van der Waals surface area contributed by atoms with Crippen LogP contribution in [0.4, 0.5) is 0 Å². The number of allylic oxidation sites excluding steroid dienone is 2. The van der Waals surface area contributed by atoms with E-state index in [1.807, 2.05) is 18.5 Å². The molecule has 0 radical (unpaired) electrons. The van der Waals surface area contributed by atoms with Crippen LogP contribution >= 0.6 is 0 Å². The van der Waals surface area contributed by atoms with Crippen LogP contribution in [0.5, 0.6) is 0 Å². The third kappa shape index (κ3) is 5.80. The molecule has 276 valence electrons. The van der Waals surface area contributed by atoms with Crippen LogP contribution in [0.2, 0.25) is 0 Å². The smallest absolute Gasteiger partial charge is 0.309 e. The van der Waals surface area contributed by atoms with Gasteiger partial charge in [0, 0.05) is 36.2 Å². The van der Waals surface area contributed by atoms with Gasteiger partial charge in [0.25, 0.3) is 0 Å². The summed E-state index contributed by atoms with van der Waals surface area (Å²) < 4.78 is 6.17. The molecular formula is C43H64N2O5. The number of pyridine rings is 1. The van der Waals surface area contributed by atoms with Gasteiger partial charge in [-0.25, -0.2) is 0 Å². The Morgan fingerprint density at radius 3 is 2.40 bits per heavy atom. The number of hydrogen-bond donors (Lipinski definition) is 2.